The Morgan fingerprint density at radius 3 is 2.81 bits per heavy atom. The first-order valence-corrected chi connectivity index (χ1v) is 7.55. The first-order valence-electron chi connectivity index (χ1n) is 7.55. The molecular formula is C17H24FNO2. The van der Waals surface area contributed by atoms with E-state index in [1.54, 1.807) is 26.0 Å². The van der Waals surface area contributed by atoms with Gasteiger partial charge >= 0.3 is 5.97 Å². The molecule has 116 valence electrons. The molecule has 2 atom stereocenters. The maximum Gasteiger partial charge on any atom is 0.309 e. The van der Waals surface area contributed by atoms with Crippen LogP contribution in [0.15, 0.2) is 24.3 Å². The lowest BCUT2D eigenvalue weighted by Crippen LogP contribution is -2.45. The van der Waals surface area contributed by atoms with Crippen LogP contribution in [0.2, 0.25) is 0 Å². The molecule has 0 radical (unpaired) electrons. The summed E-state index contributed by atoms with van der Waals surface area (Å²) < 4.78 is 13.4. The molecule has 1 aliphatic rings. The van der Waals surface area contributed by atoms with Crippen molar-refractivity contribution < 1.29 is 14.3 Å². The Labute approximate surface area is 125 Å². The second kappa shape index (κ2) is 6.14. The Bertz CT molecular complexity index is 515. The maximum absolute atomic E-state index is 13.4. The van der Waals surface area contributed by atoms with E-state index in [-0.39, 0.29) is 17.8 Å². The smallest absolute Gasteiger partial charge is 0.309 e. The molecule has 0 aromatic heterocycles. The summed E-state index contributed by atoms with van der Waals surface area (Å²) in [6.45, 7) is 7.35. The number of carboxylic acid groups (broad SMARTS) is 1. The third-order valence-corrected chi connectivity index (χ3v) is 4.90. The fourth-order valence-electron chi connectivity index (χ4n) is 3.10. The van der Waals surface area contributed by atoms with Crippen molar-refractivity contribution in [1.29, 1.82) is 0 Å². The zero-order chi connectivity index (χ0) is 15.6. The van der Waals surface area contributed by atoms with Crippen molar-refractivity contribution in [2.24, 2.45) is 11.3 Å². The first kappa shape index (κ1) is 16.0. The van der Waals surface area contributed by atoms with E-state index in [2.05, 4.69) is 11.8 Å². The third-order valence-electron chi connectivity index (χ3n) is 4.90. The molecule has 1 saturated heterocycles. The van der Waals surface area contributed by atoms with Gasteiger partial charge in [-0.2, -0.15) is 0 Å². The van der Waals surface area contributed by atoms with Crippen LogP contribution in [0.4, 0.5) is 4.39 Å². The van der Waals surface area contributed by atoms with Crippen LogP contribution in [0.3, 0.4) is 0 Å². The van der Waals surface area contributed by atoms with Gasteiger partial charge in [-0.05, 0) is 63.8 Å². The molecule has 1 aliphatic heterocycles. The molecule has 21 heavy (non-hydrogen) atoms. The normalized spacial score (nSPS) is 22.0. The number of rotatable bonds is 4. The Morgan fingerprint density at radius 2 is 2.19 bits per heavy atom. The van der Waals surface area contributed by atoms with E-state index in [9.17, 15) is 14.3 Å². The standard InChI is InChI=1S/C17H24FNO2/c1-12(13-6-4-8-15(18)10-13)19-9-5-7-14(11-19)17(2,3)16(20)21/h4,6,8,10,12,14H,5,7,9,11H2,1-3H3,(H,20,21). The molecule has 0 amide bonds. The van der Waals surface area contributed by atoms with Crippen molar-refractivity contribution in [3.05, 3.63) is 35.6 Å². The molecule has 0 spiro atoms. The van der Waals surface area contributed by atoms with Gasteiger partial charge < -0.3 is 5.11 Å². The van der Waals surface area contributed by atoms with E-state index in [4.69, 9.17) is 0 Å². The highest BCUT2D eigenvalue weighted by Gasteiger charge is 2.39. The average Bonchev–Trinajstić information content (AvgIpc) is 2.46. The van der Waals surface area contributed by atoms with E-state index in [1.807, 2.05) is 6.07 Å². The van der Waals surface area contributed by atoms with Crippen molar-refractivity contribution in [2.45, 2.75) is 39.7 Å². The van der Waals surface area contributed by atoms with Crippen LogP contribution in [0.1, 0.15) is 45.2 Å². The molecule has 4 heteroatoms. The second-order valence-electron chi connectivity index (χ2n) is 6.59. The van der Waals surface area contributed by atoms with Crippen LogP contribution >= 0.6 is 0 Å². The minimum absolute atomic E-state index is 0.105. The Balaban J connectivity index is 2.12. The predicted octanol–water partition coefficient (Wildman–Crippen LogP) is 3.71. The number of halogens is 1. The number of benzene rings is 1. The van der Waals surface area contributed by atoms with Crippen molar-refractivity contribution >= 4 is 5.97 Å². The topological polar surface area (TPSA) is 40.5 Å². The van der Waals surface area contributed by atoms with Gasteiger partial charge in [-0.15, -0.1) is 0 Å². The number of aliphatic carboxylic acids is 1. The number of nitrogens with zero attached hydrogens (tertiary/aromatic N) is 1. The zero-order valence-electron chi connectivity index (χ0n) is 13.0. The summed E-state index contributed by atoms with van der Waals surface area (Å²) in [5.74, 6) is -0.841. The number of carbonyl (C=O) groups is 1. The van der Waals surface area contributed by atoms with E-state index < -0.39 is 11.4 Å². The van der Waals surface area contributed by atoms with E-state index in [0.29, 0.717) is 0 Å². The molecule has 1 aromatic rings. The lowest BCUT2D eigenvalue weighted by atomic mass is 9.74. The highest BCUT2D eigenvalue weighted by Crippen LogP contribution is 2.36. The fourth-order valence-corrected chi connectivity index (χ4v) is 3.10. The highest BCUT2D eigenvalue weighted by atomic mass is 19.1. The molecule has 0 bridgehead atoms. The quantitative estimate of drug-likeness (QED) is 0.920. The molecule has 1 fully saturated rings. The summed E-state index contributed by atoms with van der Waals surface area (Å²) >= 11 is 0. The van der Waals surface area contributed by atoms with Gasteiger partial charge in [0, 0.05) is 12.6 Å². The van der Waals surface area contributed by atoms with Crippen molar-refractivity contribution in [1.82, 2.24) is 4.90 Å². The van der Waals surface area contributed by atoms with Crippen molar-refractivity contribution in [2.75, 3.05) is 13.1 Å². The second-order valence-corrected chi connectivity index (χ2v) is 6.59. The Morgan fingerprint density at radius 1 is 1.48 bits per heavy atom. The van der Waals surface area contributed by atoms with Gasteiger partial charge in [0.15, 0.2) is 0 Å². The lowest BCUT2D eigenvalue weighted by molar-refractivity contribution is -0.151. The van der Waals surface area contributed by atoms with Crippen LogP contribution in [0.5, 0.6) is 0 Å². The first-order chi connectivity index (χ1) is 9.82. The van der Waals surface area contributed by atoms with Crippen LogP contribution in [-0.2, 0) is 4.79 Å². The summed E-state index contributed by atoms with van der Waals surface area (Å²) in [4.78, 5) is 13.7. The van der Waals surface area contributed by atoms with E-state index in [0.717, 1.165) is 31.5 Å². The Kier molecular flexibility index (Phi) is 4.67. The summed E-state index contributed by atoms with van der Waals surface area (Å²) in [7, 11) is 0. The molecule has 0 aliphatic carbocycles. The SMILES string of the molecule is CC(c1cccc(F)c1)N1CCCC(C(C)(C)C(=O)O)C1. The molecule has 1 N–H and O–H groups in total. The summed E-state index contributed by atoms with van der Waals surface area (Å²) in [6.07, 6.45) is 1.92. The minimum atomic E-state index is -0.743. The van der Waals surface area contributed by atoms with Crippen LogP contribution in [0.25, 0.3) is 0 Å². The fraction of sp³-hybridized carbons (Fsp3) is 0.588. The lowest BCUT2D eigenvalue weighted by Gasteiger charge is -2.41. The van der Waals surface area contributed by atoms with Gasteiger partial charge in [-0.3, -0.25) is 9.69 Å². The summed E-state index contributed by atoms with van der Waals surface area (Å²) in [5, 5.41) is 9.40. The number of piperidine rings is 1. The number of hydrogen-bond acceptors (Lipinski definition) is 2. The molecule has 2 rings (SSSR count). The summed E-state index contributed by atoms with van der Waals surface area (Å²) in [5.41, 5.74) is 0.226. The molecule has 3 nitrogen and oxygen atoms in total. The summed E-state index contributed by atoms with van der Waals surface area (Å²) in [6, 6.07) is 6.77. The monoisotopic (exact) mass is 293 g/mol. The largest absolute Gasteiger partial charge is 0.481 e. The maximum atomic E-state index is 13.4. The van der Waals surface area contributed by atoms with E-state index >= 15 is 0 Å². The third kappa shape index (κ3) is 3.43. The van der Waals surface area contributed by atoms with Gasteiger partial charge in [0.05, 0.1) is 5.41 Å². The molecule has 2 unspecified atom stereocenters. The number of hydrogen-bond donors (Lipinski definition) is 1. The van der Waals surface area contributed by atoms with Crippen molar-refractivity contribution in [3.63, 3.8) is 0 Å². The number of carboxylic acids is 1. The number of likely N-dealkylation sites (tertiary alicyclic amines) is 1. The average molecular weight is 293 g/mol. The minimum Gasteiger partial charge on any atom is -0.481 e. The van der Waals surface area contributed by atoms with Gasteiger partial charge in [0.25, 0.3) is 0 Å². The van der Waals surface area contributed by atoms with Crippen molar-refractivity contribution in [3.8, 4) is 0 Å². The van der Waals surface area contributed by atoms with Crippen LogP contribution in [-0.4, -0.2) is 29.1 Å². The molecule has 1 aromatic carbocycles. The molecular weight excluding hydrogens is 269 g/mol. The molecule has 1 heterocycles. The van der Waals surface area contributed by atoms with Gasteiger partial charge in [-0.25, -0.2) is 4.39 Å². The van der Waals surface area contributed by atoms with Crippen LogP contribution in [0, 0.1) is 17.2 Å². The predicted molar refractivity (Wildman–Crippen MR) is 80.5 cm³/mol. The zero-order valence-corrected chi connectivity index (χ0v) is 13.0. The highest BCUT2D eigenvalue weighted by molar-refractivity contribution is 5.74. The van der Waals surface area contributed by atoms with Gasteiger partial charge in [0.1, 0.15) is 5.82 Å². The van der Waals surface area contributed by atoms with Gasteiger partial charge in [0.2, 0.25) is 0 Å². The Hall–Kier alpha value is -1.42. The van der Waals surface area contributed by atoms with E-state index in [1.165, 1.54) is 6.07 Å². The van der Waals surface area contributed by atoms with Gasteiger partial charge in [-0.1, -0.05) is 12.1 Å². The molecule has 0 saturated carbocycles. The van der Waals surface area contributed by atoms with Crippen LogP contribution < -0.4 is 0 Å².